The van der Waals surface area contributed by atoms with Crippen molar-refractivity contribution in [2.75, 3.05) is 38.8 Å². The molecule has 0 saturated heterocycles. The largest absolute Gasteiger partial charge is 0.456 e. The maximum atomic E-state index is 11.7. The summed E-state index contributed by atoms with van der Waals surface area (Å²) >= 11 is 0. The highest BCUT2D eigenvalue weighted by molar-refractivity contribution is 5.74. The van der Waals surface area contributed by atoms with Crippen LogP contribution in [0.15, 0.2) is 26.0 Å². The summed E-state index contributed by atoms with van der Waals surface area (Å²) in [5, 5.41) is 3.00. The van der Waals surface area contributed by atoms with E-state index >= 15 is 0 Å². The summed E-state index contributed by atoms with van der Waals surface area (Å²) in [5.74, 6) is 0.414. The first-order chi connectivity index (χ1) is 9.22. The third kappa shape index (κ3) is 3.36. The highest BCUT2D eigenvalue weighted by Gasteiger charge is 2.10. The minimum Gasteiger partial charge on any atom is -0.456 e. The summed E-state index contributed by atoms with van der Waals surface area (Å²) in [6.07, 6.45) is 1.51. The van der Waals surface area contributed by atoms with E-state index in [-0.39, 0.29) is 11.0 Å². The van der Waals surface area contributed by atoms with Gasteiger partial charge in [-0.3, -0.25) is 4.79 Å². The minimum absolute atomic E-state index is 0.197. The molecule has 0 aromatic carbocycles. The van der Waals surface area contributed by atoms with Crippen molar-refractivity contribution in [1.29, 1.82) is 0 Å². The van der Waals surface area contributed by atoms with Crippen LogP contribution in [0.5, 0.6) is 0 Å². The van der Waals surface area contributed by atoms with E-state index in [0.717, 1.165) is 5.56 Å². The van der Waals surface area contributed by atoms with Gasteiger partial charge in [0.25, 0.3) is 0 Å². The van der Waals surface area contributed by atoms with E-state index in [1.165, 1.54) is 12.3 Å². The molecule has 0 aliphatic heterocycles. The molecule has 104 valence electrons. The molecule has 2 heterocycles. The minimum atomic E-state index is -0.197. The molecule has 0 spiro atoms. The number of fused-ring (bicyclic) bond motifs is 1. The van der Waals surface area contributed by atoms with Crippen molar-refractivity contribution >= 4 is 17.1 Å². The van der Waals surface area contributed by atoms with Gasteiger partial charge in [0.1, 0.15) is 0 Å². The van der Waals surface area contributed by atoms with Gasteiger partial charge < -0.3 is 23.6 Å². The number of hydrogen-bond acceptors (Lipinski definition) is 6. The van der Waals surface area contributed by atoms with Crippen molar-refractivity contribution in [2.24, 2.45) is 0 Å². The summed E-state index contributed by atoms with van der Waals surface area (Å²) in [6, 6.07) is 1.38. The maximum absolute atomic E-state index is 11.7. The Labute approximate surface area is 110 Å². The summed E-state index contributed by atoms with van der Waals surface area (Å²) in [5.41, 5.74) is 1.33. The van der Waals surface area contributed by atoms with E-state index in [0.29, 0.717) is 37.8 Å². The summed E-state index contributed by atoms with van der Waals surface area (Å²) in [4.78, 5) is 11.7. The lowest BCUT2D eigenvalue weighted by atomic mass is 10.3. The van der Waals surface area contributed by atoms with E-state index in [1.807, 2.05) is 6.92 Å². The van der Waals surface area contributed by atoms with E-state index in [4.69, 9.17) is 18.3 Å². The van der Waals surface area contributed by atoms with Crippen LogP contribution >= 0.6 is 0 Å². The maximum Gasteiger partial charge on any atom is 0.230 e. The van der Waals surface area contributed by atoms with Crippen LogP contribution in [0.1, 0.15) is 5.56 Å². The van der Waals surface area contributed by atoms with Crippen molar-refractivity contribution in [2.45, 2.75) is 6.92 Å². The Hall–Kier alpha value is -1.79. The normalized spacial score (nSPS) is 11.1. The lowest BCUT2D eigenvalue weighted by Gasteiger charge is -2.06. The van der Waals surface area contributed by atoms with Gasteiger partial charge in [0.05, 0.1) is 26.1 Å². The number of ether oxygens (including phenoxy) is 2. The third-order valence-corrected chi connectivity index (χ3v) is 2.59. The van der Waals surface area contributed by atoms with Crippen LogP contribution in [0.25, 0.3) is 11.2 Å². The monoisotopic (exact) mass is 267 g/mol. The zero-order chi connectivity index (χ0) is 13.7. The van der Waals surface area contributed by atoms with Crippen molar-refractivity contribution in [3.63, 3.8) is 0 Å². The molecule has 0 atom stereocenters. The zero-order valence-electron chi connectivity index (χ0n) is 11.0. The lowest BCUT2D eigenvalue weighted by molar-refractivity contribution is 0.0758. The molecule has 0 bridgehead atoms. The lowest BCUT2D eigenvalue weighted by Crippen LogP contribution is -2.13. The molecule has 0 radical (unpaired) electrons. The smallest absolute Gasteiger partial charge is 0.230 e. The molecule has 0 amide bonds. The molecule has 0 aliphatic rings. The molecule has 19 heavy (non-hydrogen) atoms. The number of hydrogen-bond donors (Lipinski definition) is 1. The van der Waals surface area contributed by atoms with Gasteiger partial charge in [0.2, 0.25) is 11.0 Å². The predicted octanol–water partition coefficient (Wildman–Crippen LogP) is 1.77. The Bertz CT molecular complexity index is 586. The van der Waals surface area contributed by atoms with E-state index < -0.39 is 0 Å². The topological polar surface area (TPSA) is 73.8 Å². The molecular weight excluding hydrogens is 250 g/mol. The van der Waals surface area contributed by atoms with Crippen molar-refractivity contribution in [3.8, 4) is 0 Å². The summed E-state index contributed by atoms with van der Waals surface area (Å²) in [6.45, 7) is 3.99. The van der Waals surface area contributed by atoms with Crippen LogP contribution in [-0.2, 0) is 9.47 Å². The van der Waals surface area contributed by atoms with E-state index in [2.05, 4.69) is 5.32 Å². The SMILES string of the molecule is COCCOCCNc1cc(=O)c2occ(C)c2o1. The van der Waals surface area contributed by atoms with Gasteiger partial charge in [-0.25, -0.2) is 0 Å². The third-order valence-electron chi connectivity index (χ3n) is 2.59. The summed E-state index contributed by atoms with van der Waals surface area (Å²) < 4.78 is 20.8. The van der Waals surface area contributed by atoms with Crippen LogP contribution in [0.4, 0.5) is 5.88 Å². The molecule has 2 aromatic heterocycles. The quantitative estimate of drug-likeness (QED) is 0.771. The zero-order valence-corrected chi connectivity index (χ0v) is 11.0. The molecule has 0 aliphatic carbocycles. The van der Waals surface area contributed by atoms with E-state index in [1.54, 1.807) is 7.11 Å². The Kier molecular flexibility index (Phi) is 4.59. The number of rotatable bonds is 7. The van der Waals surface area contributed by atoms with Crippen LogP contribution in [-0.4, -0.2) is 33.5 Å². The molecule has 2 rings (SSSR count). The number of nitrogens with one attached hydrogen (secondary N) is 1. The van der Waals surface area contributed by atoms with Gasteiger partial charge in [-0.2, -0.15) is 0 Å². The predicted molar refractivity (Wildman–Crippen MR) is 70.7 cm³/mol. The van der Waals surface area contributed by atoms with Crippen molar-refractivity contribution in [1.82, 2.24) is 0 Å². The number of aryl methyl sites for hydroxylation is 1. The molecule has 6 heteroatoms. The molecular formula is C13H17NO5. The first-order valence-corrected chi connectivity index (χ1v) is 6.05. The van der Waals surface area contributed by atoms with E-state index in [9.17, 15) is 4.79 Å². The number of methoxy groups -OCH3 is 1. The van der Waals surface area contributed by atoms with Gasteiger partial charge in [0.15, 0.2) is 11.5 Å². The fourth-order valence-electron chi connectivity index (χ4n) is 1.63. The molecule has 1 N–H and O–H groups in total. The number of anilines is 1. The molecule has 0 unspecified atom stereocenters. The summed E-state index contributed by atoms with van der Waals surface area (Å²) in [7, 11) is 1.62. The van der Waals surface area contributed by atoms with Gasteiger partial charge in [-0.05, 0) is 6.92 Å². The molecule has 0 saturated carbocycles. The molecule has 6 nitrogen and oxygen atoms in total. The Morgan fingerprint density at radius 2 is 2.11 bits per heavy atom. The highest BCUT2D eigenvalue weighted by atomic mass is 16.5. The average molecular weight is 267 g/mol. The van der Waals surface area contributed by atoms with Crippen LogP contribution in [0, 0.1) is 6.92 Å². The first kappa shape index (κ1) is 13.6. The molecule has 2 aromatic rings. The second-order valence-electron chi connectivity index (χ2n) is 4.08. The van der Waals surface area contributed by atoms with Gasteiger partial charge in [-0.15, -0.1) is 0 Å². The van der Waals surface area contributed by atoms with Gasteiger partial charge in [-0.1, -0.05) is 0 Å². The Balaban J connectivity index is 1.94. The Morgan fingerprint density at radius 3 is 2.89 bits per heavy atom. The van der Waals surface area contributed by atoms with Crippen LogP contribution in [0.3, 0.4) is 0 Å². The standard InChI is InChI=1S/C13H17NO5/c1-9-8-18-13-10(15)7-11(19-12(9)13)14-3-4-17-6-5-16-2/h7-8,14H,3-6H2,1-2H3. The fraction of sp³-hybridized carbons (Fsp3) is 0.462. The second kappa shape index (κ2) is 6.40. The average Bonchev–Trinajstić information content (AvgIpc) is 2.76. The van der Waals surface area contributed by atoms with Crippen molar-refractivity contribution in [3.05, 3.63) is 28.1 Å². The first-order valence-electron chi connectivity index (χ1n) is 6.05. The van der Waals surface area contributed by atoms with Gasteiger partial charge >= 0.3 is 0 Å². The van der Waals surface area contributed by atoms with Crippen LogP contribution in [0.2, 0.25) is 0 Å². The van der Waals surface area contributed by atoms with Crippen molar-refractivity contribution < 1.29 is 18.3 Å². The Morgan fingerprint density at radius 1 is 1.26 bits per heavy atom. The molecule has 0 fully saturated rings. The van der Waals surface area contributed by atoms with Crippen LogP contribution < -0.4 is 10.7 Å². The number of furan rings is 1. The second-order valence-corrected chi connectivity index (χ2v) is 4.08. The van der Waals surface area contributed by atoms with Gasteiger partial charge in [0, 0.05) is 25.3 Å². The highest BCUT2D eigenvalue weighted by Crippen LogP contribution is 2.20. The fourth-order valence-corrected chi connectivity index (χ4v) is 1.63.